The maximum absolute atomic E-state index is 14.0. The number of carbonyl (C=O) groups excluding carboxylic acids is 1. The number of non-ortho nitro benzene ring substituents is 1. The summed E-state index contributed by atoms with van der Waals surface area (Å²) in [4.78, 5) is 25.3. The average Bonchev–Trinajstić information content (AvgIpc) is 3.44. The molecule has 0 radical (unpaired) electrons. The van der Waals surface area contributed by atoms with Crippen LogP contribution in [0, 0.1) is 16.0 Å². The minimum Gasteiger partial charge on any atom is -0.347 e. The molecule has 1 amide bonds. The van der Waals surface area contributed by atoms with E-state index in [0.29, 0.717) is 31.8 Å². The van der Waals surface area contributed by atoms with Crippen molar-refractivity contribution in [2.75, 3.05) is 13.1 Å². The van der Waals surface area contributed by atoms with Crippen molar-refractivity contribution < 1.29 is 14.1 Å². The Morgan fingerprint density at radius 1 is 1.18 bits per heavy atom. The Labute approximate surface area is 202 Å². The lowest BCUT2D eigenvalue weighted by Gasteiger charge is -2.25. The molecule has 3 aromatic rings. The van der Waals surface area contributed by atoms with Crippen molar-refractivity contribution in [3.63, 3.8) is 0 Å². The molecule has 34 heavy (non-hydrogen) atoms. The fourth-order valence-electron chi connectivity index (χ4n) is 5.58. The predicted octanol–water partition coefficient (Wildman–Crippen LogP) is 6.36. The van der Waals surface area contributed by atoms with Crippen molar-refractivity contribution in [3.05, 3.63) is 74.9 Å². The zero-order valence-corrected chi connectivity index (χ0v) is 19.6. The van der Waals surface area contributed by atoms with Gasteiger partial charge in [-0.2, -0.15) is 0 Å². The van der Waals surface area contributed by atoms with E-state index >= 15 is 0 Å². The van der Waals surface area contributed by atoms with Crippen LogP contribution in [-0.2, 0) is 6.54 Å². The first-order chi connectivity index (χ1) is 16.4. The summed E-state index contributed by atoms with van der Waals surface area (Å²) in [6, 6.07) is 12.3. The summed E-state index contributed by atoms with van der Waals surface area (Å²) in [6.45, 7) is 1.98. The minimum atomic E-state index is -0.694. The van der Waals surface area contributed by atoms with Gasteiger partial charge < -0.3 is 9.47 Å². The molecule has 0 bridgehead atoms. The molecule has 3 unspecified atom stereocenters. The van der Waals surface area contributed by atoms with Crippen molar-refractivity contribution in [2.45, 2.75) is 50.7 Å². The number of para-hydroxylation sites is 1. The molecule has 2 aromatic carbocycles. The van der Waals surface area contributed by atoms with Gasteiger partial charge in [-0.25, -0.2) is 4.39 Å². The summed E-state index contributed by atoms with van der Waals surface area (Å²) in [7, 11) is 0. The second kappa shape index (κ2) is 9.37. The van der Waals surface area contributed by atoms with Gasteiger partial charge in [0.1, 0.15) is 6.17 Å². The van der Waals surface area contributed by atoms with Gasteiger partial charge in [0.25, 0.3) is 11.6 Å². The van der Waals surface area contributed by atoms with Crippen molar-refractivity contribution in [1.82, 2.24) is 9.47 Å². The topological polar surface area (TPSA) is 68.4 Å². The van der Waals surface area contributed by atoms with Crippen molar-refractivity contribution >= 4 is 34.1 Å². The summed E-state index contributed by atoms with van der Waals surface area (Å²) in [5, 5.41) is 12.3. The van der Waals surface area contributed by atoms with E-state index in [0.717, 1.165) is 31.3 Å². The Morgan fingerprint density at radius 3 is 2.76 bits per heavy atom. The number of nitrogens with zero attached hydrogens (tertiary/aromatic N) is 3. The molecule has 0 spiro atoms. The molecule has 5 rings (SSSR count). The summed E-state index contributed by atoms with van der Waals surface area (Å²) < 4.78 is 16.2. The summed E-state index contributed by atoms with van der Waals surface area (Å²) in [6.07, 6.45) is 5.65. The molecule has 178 valence electrons. The molecule has 1 saturated carbocycles. The number of hydrogen-bond donors (Lipinski definition) is 0. The number of nitro benzene ring substituents is 1. The largest absolute Gasteiger partial charge is 0.347 e. The van der Waals surface area contributed by atoms with Gasteiger partial charge in [0.05, 0.1) is 15.5 Å². The fraction of sp³-hybridized carbons (Fsp3) is 0.423. The van der Waals surface area contributed by atoms with Crippen LogP contribution in [0.4, 0.5) is 10.1 Å². The molecule has 0 N–H and O–H groups in total. The second-order valence-electron chi connectivity index (χ2n) is 9.54. The lowest BCUT2D eigenvalue weighted by Crippen LogP contribution is -2.28. The first kappa shape index (κ1) is 22.8. The Hall–Kier alpha value is -2.93. The number of halogens is 2. The van der Waals surface area contributed by atoms with Crippen molar-refractivity contribution in [3.8, 4) is 0 Å². The molecule has 1 aliphatic carbocycles. The highest BCUT2D eigenvalue weighted by Gasteiger charge is 2.31. The predicted molar refractivity (Wildman–Crippen MR) is 130 cm³/mol. The molecule has 2 fully saturated rings. The summed E-state index contributed by atoms with van der Waals surface area (Å²) in [5.74, 6) is 0.327. The van der Waals surface area contributed by atoms with Gasteiger partial charge in [0, 0.05) is 54.8 Å². The maximum Gasteiger partial charge on any atom is 0.270 e. The molecular weight excluding hydrogens is 457 g/mol. The molecule has 1 aliphatic heterocycles. The van der Waals surface area contributed by atoms with E-state index < -0.39 is 11.1 Å². The van der Waals surface area contributed by atoms with Gasteiger partial charge in [-0.05, 0) is 49.3 Å². The SMILES string of the molecule is O=C(c1ccc([N+](=O)[O-])cc1Cl)N1CCC(c2cn(CC3CCCC(F)C3)c3ccccc23)C1. The van der Waals surface area contributed by atoms with Crippen LogP contribution in [0.15, 0.2) is 48.7 Å². The van der Waals surface area contributed by atoms with Gasteiger partial charge in [0.15, 0.2) is 0 Å². The van der Waals surface area contributed by atoms with Crippen LogP contribution < -0.4 is 0 Å². The molecule has 1 aromatic heterocycles. The molecule has 2 heterocycles. The number of aromatic nitrogens is 1. The number of amides is 1. The number of alkyl halides is 1. The van der Waals surface area contributed by atoms with Crippen LogP contribution in [0.3, 0.4) is 0 Å². The van der Waals surface area contributed by atoms with Crippen LogP contribution in [0.25, 0.3) is 10.9 Å². The summed E-state index contributed by atoms with van der Waals surface area (Å²) >= 11 is 6.20. The van der Waals surface area contributed by atoms with Crippen molar-refractivity contribution in [1.29, 1.82) is 0 Å². The molecule has 3 atom stereocenters. The number of likely N-dealkylation sites (tertiary alicyclic amines) is 1. The van der Waals surface area contributed by atoms with E-state index in [1.807, 2.05) is 12.1 Å². The average molecular weight is 484 g/mol. The van der Waals surface area contributed by atoms with Gasteiger partial charge in [-0.15, -0.1) is 0 Å². The number of carbonyl (C=O) groups is 1. The van der Waals surface area contributed by atoms with E-state index in [2.05, 4.69) is 22.9 Å². The van der Waals surface area contributed by atoms with Gasteiger partial charge in [-0.3, -0.25) is 14.9 Å². The Morgan fingerprint density at radius 2 is 2.00 bits per heavy atom. The van der Waals surface area contributed by atoms with Crippen LogP contribution in [0.1, 0.15) is 53.9 Å². The van der Waals surface area contributed by atoms with E-state index in [-0.39, 0.29) is 28.1 Å². The Bertz CT molecular complexity index is 1240. The lowest BCUT2D eigenvalue weighted by atomic mass is 9.88. The normalized spacial score (nSPS) is 22.9. The van der Waals surface area contributed by atoms with E-state index in [9.17, 15) is 19.3 Å². The first-order valence-corrected chi connectivity index (χ1v) is 12.2. The fourth-order valence-corrected chi connectivity index (χ4v) is 5.84. The highest BCUT2D eigenvalue weighted by atomic mass is 35.5. The van der Waals surface area contributed by atoms with Crippen molar-refractivity contribution in [2.24, 2.45) is 5.92 Å². The van der Waals surface area contributed by atoms with E-state index in [4.69, 9.17) is 11.6 Å². The second-order valence-corrected chi connectivity index (χ2v) is 9.95. The number of nitro groups is 1. The monoisotopic (exact) mass is 483 g/mol. The van der Waals surface area contributed by atoms with E-state index in [1.54, 1.807) is 4.90 Å². The third-order valence-electron chi connectivity index (χ3n) is 7.30. The summed E-state index contributed by atoms with van der Waals surface area (Å²) in [5.41, 5.74) is 2.52. The highest BCUT2D eigenvalue weighted by molar-refractivity contribution is 6.34. The van der Waals surface area contributed by atoms with E-state index in [1.165, 1.54) is 29.1 Å². The third-order valence-corrected chi connectivity index (χ3v) is 7.62. The zero-order chi connectivity index (χ0) is 23.8. The van der Waals surface area contributed by atoms with Crippen LogP contribution in [0.2, 0.25) is 5.02 Å². The molecule has 2 aliphatic rings. The molecular formula is C26H27ClFN3O3. The number of hydrogen-bond acceptors (Lipinski definition) is 3. The molecule has 6 nitrogen and oxygen atoms in total. The standard InChI is InChI=1S/C26H27ClFN3O3/c27-24-13-20(31(33)34)8-9-22(24)26(32)29-11-10-18(15-29)23-16-30(25-7-2-1-6-21(23)25)14-17-4-3-5-19(28)12-17/h1-2,6-9,13,16-19H,3-5,10-12,14-15H2. The molecule has 1 saturated heterocycles. The lowest BCUT2D eigenvalue weighted by molar-refractivity contribution is -0.384. The van der Waals surface area contributed by atoms with Crippen LogP contribution >= 0.6 is 11.6 Å². The Kier molecular flexibility index (Phi) is 6.30. The van der Waals surface area contributed by atoms with Gasteiger partial charge in [-0.1, -0.05) is 36.2 Å². The smallest absolute Gasteiger partial charge is 0.270 e. The maximum atomic E-state index is 14.0. The number of rotatable bonds is 5. The van der Waals surface area contributed by atoms with Crippen LogP contribution in [-0.4, -0.2) is 39.6 Å². The first-order valence-electron chi connectivity index (χ1n) is 11.9. The highest BCUT2D eigenvalue weighted by Crippen LogP contribution is 2.36. The van der Waals surface area contributed by atoms with Gasteiger partial charge >= 0.3 is 0 Å². The number of fused-ring (bicyclic) bond motifs is 1. The number of benzene rings is 2. The van der Waals surface area contributed by atoms with Gasteiger partial charge in [0.2, 0.25) is 0 Å². The third kappa shape index (κ3) is 4.41. The quantitative estimate of drug-likeness (QED) is 0.313. The van der Waals surface area contributed by atoms with Crippen LogP contribution in [0.5, 0.6) is 0 Å². The Balaban J connectivity index is 1.36. The molecule has 8 heteroatoms. The zero-order valence-electron chi connectivity index (χ0n) is 18.8. The minimum absolute atomic E-state index is 0.0953.